The van der Waals surface area contributed by atoms with Crippen LogP contribution < -0.4 is 5.32 Å². The van der Waals surface area contributed by atoms with Gasteiger partial charge >= 0.3 is 5.97 Å². The van der Waals surface area contributed by atoms with E-state index in [2.05, 4.69) is 11.9 Å². The zero-order valence-electron chi connectivity index (χ0n) is 14.0. The van der Waals surface area contributed by atoms with Crippen LogP contribution in [0.2, 0.25) is 0 Å². The fourth-order valence-corrected chi connectivity index (χ4v) is 2.46. The second kappa shape index (κ2) is 10.6. The molecule has 0 amide bonds. The lowest BCUT2D eigenvalue weighted by Gasteiger charge is -2.19. The van der Waals surface area contributed by atoms with Crippen molar-refractivity contribution >= 4 is 16.9 Å². The Hall–Kier alpha value is -2.12. The van der Waals surface area contributed by atoms with Gasteiger partial charge in [0, 0.05) is 18.8 Å². The molecule has 0 fully saturated rings. The van der Waals surface area contributed by atoms with E-state index in [0.717, 1.165) is 9.87 Å². The van der Waals surface area contributed by atoms with E-state index >= 15 is 0 Å². The van der Waals surface area contributed by atoms with Gasteiger partial charge in [-0.15, -0.1) is 6.58 Å². The molecule has 0 bridgehead atoms. The number of nitrogens with zero attached hydrogens (tertiary/aromatic N) is 1. The quantitative estimate of drug-likeness (QED) is 0.290. The summed E-state index contributed by atoms with van der Waals surface area (Å²) in [5.74, 6) is -0.545. The molecule has 0 aromatic heterocycles. The minimum Gasteiger partial charge on any atom is -0.463 e. The molecule has 0 radical (unpaired) electrons. The van der Waals surface area contributed by atoms with Crippen molar-refractivity contribution in [3.8, 4) is 0 Å². The van der Waals surface area contributed by atoms with Crippen LogP contribution >= 0.6 is 0 Å². The van der Waals surface area contributed by atoms with Gasteiger partial charge in [-0.2, -0.15) is 0 Å². The molecule has 0 aliphatic rings. The van der Waals surface area contributed by atoms with E-state index in [0.29, 0.717) is 6.54 Å². The summed E-state index contributed by atoms with van der Waals surface area (Å²) < 4.78 is 28.7. The number of rotatable bonds is 10. The molecule has 6 nitrogen and oxygen atoms in total. The molecule has 0 saturated carbocycles. The molecule has 1 atom stereocenters. The topological polar surface area (TPSA) is 75.7 Å². The number of nitrogens with one attached hydrogen (secondary N) is 1. The molecule has 1 unspecified atom stereocenters. The van der Waals surface area contributed by atoms with Gasteiger partial charge < -0.3 is 10.1 Å². The van der Waals surface area contributed by atoms with Crippen LogP contribution in [0.5, 0.6) is 0 Å². The molecule has 24 heavy (non-hydrogen) atoms. The number of benzene rings is 1. The van der Waals surface area contributed by atoms with Crippen molar-refractivity contribution in [3.63, 3.8) is 0 Å². The van der Waals surface area contributed by atoms with E-state index in [9.17, 15) is 13.2 Å². The van der Waals surface area contributed by atoms with Crippen molar-refractivity contribution in [2.75, 3.05) is 13.2 Å². The molecule has 1 aromatic rings. The predicted molar refractivity (Wildman–Crippen MR) is 94.7 cm³/mol. The highest BCUT2D eigenvalue weighted by atomic mass is 32.2. The van der Waals surface area contributed by atoms with Crippen molar-refractivity contribution in [2.45, 2.75) is 26.4 Å². The van der Waals surface area contributed by atoms with Gasteiger partial charge in [-0.3, -0.25) is 4.31 Å². The van der Waals surface area contributed by atoms with Gasteiger partial charge in [0.1, 0.15) is 0 Å². The maximum atomic E-state index is 12.2. The maximum Gasteiger partial charge on any atom is 0.337 e. The molecule has 0 aliphatic heterocycles. The molecule has 7 heteroatoms. The first kappa shape index (κ1) is 19.9. The van der Waals surface area contributed by atoms with Gasteiger partial charge in [0.2, 0.25) is 10.9 Å². The Morgan fingerprint density at radius 3 is 2.58 bits per heavy atom. The monoisotopic (exact) mass is 352 g/mol. The minimum absolute atomic E-state index is 0.0903. The number of carbonyl (C=O) groups excluding carboxylic acids is 1. The summed E-state index contributed by atoms with van der Waals surface area (Å²) in [4.78, 5) is 12.2. The van der Waals surface area contributed by atoms with E-state index in [1.54, 1.807) is 13.8 Å². The van der Waals surface area contributed by atoms with Crippen LogP contribution in [0.1, 0.15) is 19.4 Å². The highest BCUT2D eigenvalue weighted by molar-refractivity contribution is 7.70. The van der Waals surface area contributed by atoms with Gasteiger partial charge in [0.05, 0.1) is 18.7 Å². The Balaban J connectivity index is 2.94. The van der Waals surface area contributed by atoms with E-state index in [-0.39, 0.29) is 24.8 Å². The Labute approximate surface area is 144 Å². The fourth-order valence-electron chi connectivity index (χ4n) is 1.99. The molecular formula is C17H24N2O4S. The third-order valence-electron chi connectivity index (χ3n) is 3.25. The van der Waals surface area contributed by atoms with Crippen molar-refractivity contribution in [1.29, 1.82) is 0 Å². The molecule has 0 aliphatic carbocycles. The smallest absolute Gasteiger partial charge is 0.337 e. The van der Waals surface area contributed by atoms with Crippen molar-refractivity contribution in [1.82, 2.24) is 9.62 Å². The second-order valence-corrected chi connectivity index (χ2v) is 6.03. The lowest BCUT2D eigenvalue weighted by atomic mass is 10.1. The Morgan fingerprint density at radius 1 is 1.38 bits per heavy atom. The third-order valence-corrected chi connectivity index (χ3v) is 3.95. The zero-order valence-corrected chi connectivity index (χ0v) is 14.9. The summed E-state index contributed by atoms with van der Waals surface area (Å²) in [6, 6.07) is 9.33. The lowest BCUT2D eigenvalue weighted by molar-refractivity contribution is -0.138. The molecule has 1 aromatic carbocycles. The predicted octanol–water partition coefficient (Wildman–Crippen LogP) is 1.63. The second-order valence-electron chi connectivity index (χ2n) is 5.04. The van der Waals surface area contributed by atoms with Crippen molar-refractivity contribution < 1.29 is 17.9 Å². The average molecular weight is 352 g/mol. The van der Waals surface area contributed by atoms with Crippen LogP contribution in [0, 0.1) is 0 Å². The highest BCUT2D eigenvalue weighted by Gasteiger charge is 2.20. The maximum absolute atomic E-state index is 12.2. The summed E-state index contributed by atoms with van der Waals surface area (Å²) in [5.41, 5.74) is 1.30. The summed E-state index contributed by atoms with van der Waals surface area (Å²) in [5, 5.41) is 3.21. The average Bonchev–Trinajstić information content (AvgIpc) is 2.57. The SMILES string of the molecule is C=CCN(/C=C(/C(=O)OCC)C(C)NCc1ccccc1)[SH](=O)=O. The number of carbonyl (C=O) groups is 1. The number of thiol groups is 1. The molecule has 1 rings (SSSR count). The molecular weight excluding hydrogens is 328 g/mol. The number of ether oxygens (including phenoxy) is 1. The molecule has 0 spiro atoms. The number of hydrogen-bond acceptors (Lipinski definition) is 5. The van der Waals surface area contributed by atoms with Crippen LogP contribution in [0.3, 0.4) is 0 Å². The van der Waals surface area contributed by atoms with Crippen LogP contribution in [-0.4, -0.2) is 37.9 Å². The van der Waals surface area contributed by atoms with E-state index < -0.39 is 16.9 Å². The fraction of sp³-hybridized carbons (Fsp3) is 0.353. The van der Waals surface area contributed by atoms with Crippen LogP contribution in [0.25, 0.3) is 0 Å². The van der Waals surface area contributed by atoms with Gasteiger partial charge in [-0.25, -0.2) is 13.2 Å². The lowest BCUT2D eigenvalue weighted by Crippen LogP contribution is -2.33. The summed E-state index contributed by atoms with van der Waals surface area (Å²) in [6.07, 6.45) is 2.75. The van der Waals surface area contributed by atoms with E-state index in [1.807, 2.05) is 30.3 Å². The van der Waals surface area contributed by atoms with Gasteiger partial charge in [0.25, 0.3) is 0 Å². The molecule has 1 N–H and O–H groups in total. The standard InChI is InChI=1S/C17H24N2O4S/c1-4-11-19(24(21)22)13-16(17(20)23-5-2)14(3)18-12-15-9-7-6-8-10-15/h4,6-10,13-14,18,24H,1,5,11-12H2,2-3H3/b16-13+. The molecule has 0 saturated heterocycles. The minimum atomic E-state index is -2.86. The highest BCUT2D eigenvalue weighted by Crippen LogP contribution is 2.09. The summed E-state index contributed by atoms with van der Waals surface area (Å²) in [7, 11) is -2.86. The van der Waals surface area contributed by atoms with Crippen molar-refractivity contribution in [2.24, 2.45) is 0 Å². The van der Waals surface area contributed by atoms with Crippen LogP contribution in [0.4, 0.5) is 0 Å². The number of esters is 1. The van der Waals surface area contributed by atoms with E-state index in [1.165, 1.54) is 12.3 Å². The Bertz CT molecular complexity index is 633. The largest absolute Gasteiger partial charge is 0.463 e. The first-order valence-electron chi connectivity index (χ1n) is 7.67. The molecule has 132 valence electrons. The molecule has 0 heterocycles. The van der Waals surface area contributed by atoms with Crippen LogP contribution in [-0.2, 0) is 27.0 Å². The van der Waals surface area contributed by atoms with E-state index in [4.69, 9.17) is 4.74 Å². The summed E-state index contributed by atoms with van der Waals surface area (Å²) >= 11 is 0. The van der Waals surface area contributed by atoms with Crippen molar-refractivity contribution in [3.05, 3.63) is 60.3 Å². The Kier molecular flexibility index (Phi) is 8.81. The first-order valence-corrected chi connectivity index (χ1v) is 8.80. The summed E-state index contributed by atoms with van der Waals surface area (Å²) in [6.45, 7) is 7.86. The number of hydrogen-bond donors (Lipinski definition) is 2. The first-order chi connectivity index (χ1) is 11.5. The normalized spacial score (nSPS) is 12.7. The van der Waals surface area contributed by atoms with Gasteiger partial charge in [-0.1, -0.05) is 36.4 Å². The van der Waals surface area contributed by atoms with Gasteiger partial charge in [0.15, 0.2) is 0 Å². The van der Waals surface area contributed by atoms with Gasteiger partial charge in [-0.05, 0) is 19.4 Å². The van der Waals surface area contributed by atoms with Crippen LogP contribution in [0.15, 0.2) is 54.8 Å². The zero-order chi connectivity index (χ0) is 17.9. The Morgan fingerprint density at radius 2 is 2.04 bits per heavy atom. The third kappa shape index (κ3) is 6.55.